The van der Waals surface area contributed by atoms with Gasteiger partial charge in [-0.05, 0) is 31.7 Å². The van der Waals surface area contributed by atoms with Crippen molar-refractivity contribution in [2.24, 2.45) is 0 Å². The minimum atomic E-state index is -0.412. The van der Waals surface area contributed by atoms with Gasteiger partial charge in [-0.1, -0.05) is 0 Å². The minimum absolute atomic E-state index is 0.120. The third-order valence-electron chi connectivity index (χ3n) is 3.50. The molecule has 1 amide bonds. The molecular weight excluding hydrogens is 306 g/mol. The fourth-order valence-corrected chi connectivity index (χ4v) is 3.84. The molecule has 2 aliphatic rings. The smallest absolute Gasteiger partial charge is 0.341 e. The number of thiophene rings is 1. The summed E-state index contributed by atoms with van der Waals surface area (Å²) in [4.78, 5) is 25.6. The van der Waals surface area contributed by atoms with Crippen LogP contribution in [0.25, 0.3) is 0 Å². The van der Waals surface area contributed by atoms with Crippen molar-refractivity contribution in [1.29, 1.82) is 0 Å². The van der Waals surface area contributed by atoms with Crippen LogP contribution in [0.4, 0.5) is 5.00 Å². The van der Waals surface area contributed by atoms with Crippen molar-refractivity contribution in [1.82, 2.24) is 0 Å². The lowest BCUT2D eigenvalue weighted by Gasteiger charge is -2.15. The Kier molecular flexibility index (Phi) is 4.33. The van der Waals surface area contributed by atoms with Gasteiger partial charge in [-0.15, -0.1) is 11.3 Å². The summed E-state index contributed by atoms with van der Waals surface area (Å²) in [7, 11) is 0. The van der Waals surface area contributed by atoms with Crippen molar-refractivity contribution in [2.75, 3.05) is 25.1 Å². The topological polar surface area (TPSA) is 73.9 Å². The first-order valence-corrected chi connectivity index (χ1v) is 8.10. The van der Waals surface area contributed by atoms with Crippen LogP contribution in [0.2, 0.25) is 0 Å². The fourth-order valence-electron chi connectivity index (χ4n) is 2.56. The van der Waals surface area contributed by atoms with Crippen LogP contribution in [0.15, 0.2) is 12.0 Å². The van der Waals surface area contributed by atoms with Crippen LogP contribution in [0.1, 0.15) is 34.1 Å². The number of rotatable bonds is 4. The number of nitrogens with one attached hydrogen (secondary N) is 1. The van der Waals surface area contributed by atoms with Crippen LogP contribution in [0.3, 0.4) is 0 Å². The molecule has 0 spiro atoms. The van der Waals surface area contributed by atoms with Crippen LogP contribution in [-0.4, -0.2) is 31.7 Å². The highest BCUT2D eigenvalue weighted by molar-refractivity contribution is 7.17. The molecule has 0 fully saturated rings. The van der Waals surface area contributed by atoms with E-state index in [1.54, 1.807) is 6.92 Å². The van der Waals surface area contributed by atoms with Gasteiger partial charge in [0.05, 0.1) is 12.2 Å². The fraction of sp³-hybridized carbons (Fsp3) is 0.467. The molecule has 0 saturated heterocycles. The first-order valence-electron chi connectivity index (χ1n) is 7.28. The molecule has 2 heterocycles. The Morgan fingerprint density at radius 3 is 2.95 bits per heavy atom. The molecule has 0 saturated carbocycles. The molecule has 6 nitrogen and oxygen atoms in total. The van der Waals surface area contributed by atoms with Gasteiger partial charge in [0.1, 0.15) is 24.5 Å². The van der Waals surface area contributed by atoms with E-state index in [1.165, 1.54) is 17.6 Å². The number of ether oxygens (including phenoxy) is 3. The van der Waals surface area contributed by atoms with Crippen molar-refractivity contribution in [3.05, 3.63) is 28.0 Å². The van der Waals surface area contributed by atoms with Gasteiger partial charge >= 0.3 is 5.97 Å². The first-order chi connectivity index (χ1) is 10.7. The standard InChI is InChI=1S/C15H17NO5S/c1-2-20-15(18)12-9-4-3-5-11(9)22-14(12)16-13(17)10-8-19-6-7-21-10/h8H,2-7H2,1H3,(H,16,17). The van der Waals surface area contributed by atoms with Gasteiger partial charge in [-0.2, -0.15) is 0 Å². The summed E-state index contributed by atoms with van der Waals surface area (Å²) >= 11 is 1.44. The Balaban J connectivity index is 1.85. The number of esters is 1. The molecule has 0 unspecified atom stereocenters. The van der Waals surface area contributed by atoms with E-state index < -0.39 is 5.91 Å². The van der Waals surface area contributed by atoms with Gasteiger partial charge in [0.2, 0.25) is 5.76 Å². The SMILES string of the molecule is CCOC(=O)c1c(NC(=O)C2=COCCO2)sc2c1CCC2. The molecule has 3 rings (SSSR count). The second-order valence-corrected chi connectivity index (χ2v) is 6.04. The van der Waals surface area contributed by atoms with Crippen molar-refractivity contribution < 1.29 is 23.8 Å². The number of carbonyl (C=O) groups is 2. The maximum Gasteiger partial charge on any atom is 0.341 e. The maximum absolute atomic E-state index is 12.2. The highest BCUT2D eigenvalue weighted by atomic mass is 32.1. The number of hydrogen-bond donors (Lipinski definition) is 1. The van der Waals surface area contributed by atoms with Gasteiger partial charge in [-0.25, -0.2) is 4.79 Å². The van der Waals surface area contributed by atoms with Crippen LogP contribution in [0.5, 0.6) is 0 Å². The van der Waals surface area contributed by atoms with E-state index in [2.05, 4.69) is 5.32 Å². The lowest BCUT2D eigenvalue weighted by molar-refractivity contribution is -0.117. The maximum atomic E-state index is 12.2. The molecule has 0 atom stereocenters. The van der Waals surface area contributed by atoms with E-state index in [1.807, 2.05) is 0 Å². The summed E-state index contributed by atoms with van der Waals surface area (Å²) in [5.41, 5.74) is 1.50. The summed E-state index contributed by atoms with van der Waals surface area (Å²) in [6.45, 7) is 2.84. The average molecular weight is 323 g/mol. The molecule has 1 aromatic rings. The highest BCUT2D eigenvalue weighted by Gasteiger charge is 2.29. The van der Waals surface area contributed by atoms with Crippen LogP contribution in [-0.2, 0) is 31.8 Å². The third-order valence-corrected chi connectivity index (χ3v) is 4.71. The normalized spacial score (nSPS) is 16.1. The highest BCUT2D eigenvalue weighted by Crippen LogP contribution is 2.39. The molecule has 1 N–H and O–H groups in total. The largest absolute Gasteiger partial charge is 0.494 e. The van der Waals surface area contributed by atoms with E-state index in [0.717, 1.165) is 29.7 Å². The van der Waals surface area contributed by atoms with Gasteiger partial charge in [0.25, 0.3) is 5.91 Å². The molecule has 118 valence electrons. The zero-order valence-corrected chi connectivity index (χ0v) is 13.1. The van der Waals surface area contributed by atoms with Crippen molar-refractivity contribution >= 4 is 28.2 Å². The Labute approximate surface area is 132 Å². The number of carbonyl (C=O) groups excluding carboxylic acids is 2. The molecule has 0 bridgehead atoms. The summed E-state index contributed by atoms with van der Waals surface area (Å²) in [6, 6.07) is 0. The van der Waals surface area contributed by atoms with Crippen molar-refractivity contribution in [3.63, 3.8) is 0 Å². The molecule has 7 heteroatoms. The quantitative estimate of drug-likeness (QED) is 0.860. The van der Waals surface area contributed by atoms with Crippen molar-refractivity contribution in [3.8, 4) is 0 Å². The molecule has 1 aromatic heterocycles. The number of aryl methyl sites for hydroxylation is 1. The summed E-state index contributed by atoms with van der Waals surface area (Å²) in [5, 5.41) is 3.29. The predicted molar refractivity (Wildman–Crippen MR) is 80.9 cm³/mol. The van der Waals surface area contributed by atoms with Gasteiger partial charge in [-0.3, -0.25) is 4.79 Å². The number of amides is 1. The van der Waals surface area contributed by atoms with Crippen LogP contribution in [0, 0.1) is 0 Å². The van der Waals surface area contributed by atoms with Crippen LogP contribution >= 0.6 is 11.3 Å². The van der Waals surface area contributed by atoms with E-state index in [-0.39, 0.29) is 11.7 Å². The molecule has 1 aliphatic heterocycles. The minimum Gasteiger partial charge on any atom is -0.494 e. The predicted octanol–water partition coefficient (Wildman–Crippen LogP) is 2.24. The zero-order valence-electron chi connectivity index (χ0n) is 12.3. The Morgan fingerprint density at radius 1 is 1.36 bits per heavy atom. The second-order valence-electron chi connectivity index (χ2n) is 4.94. The molecule has 0 aromatic carbocycles. The third kappa shape index (κ3) is 2.81. The molecule has 22 heavy (non-hydrogen) atoms. The molecule has 0 radical (unpaired) electrons. The van der Waals surface area contributed by atoms with Crippen molar-refractivity contribution in [2.45, 2.75) is 26.2 Å². The average Bonchev–Trinajstić information content (AvgIpc) is 3.08. The monoisotopic (exact) mass is 323 g/mol. The first kappa shape index (κ1) is 14.9. The summed E-state index contributed by atoms with van der Waals surface area (Å²) in [5.74, 6) is -0.674. The molecule has 1 aliphatic carbocycles. The van der Waals surface area contributed by atoms with E-state index in [4.69, 9.17) is 14.2 Å². The van der Waals surface area contributed by atoms with E-state index in [9.17, 15) is 9.59 Å². The Bertz CT molecular complexity index is 634. The Hall–Kier alpha value is -2.02. The lowest BCUT2D eigenvalue weighted by atomic mass is 10.1. The zero-order chi connectivity index (χ0) is 15.5. The van der Waals surface area contributed by atoms with Gasteiger partial charge < -0.3 is 19.5 Å². The summed E-state index contributed by atoms with van der Waals surface area (Å²) in [6.07, 6.45) is 4.11. The Morgan fingerprint density at radius 2 is 2.23 bits per heavy atom. The van der Waals surface area contributed by atoms with E-state index >= 15 is 0 Å². The number of anilines is 1. The second kappa shape index (κ2) is 6.39. The van der Waals surface area contributed by atoms with Gasteiger partial charge in [0, 0.05) is 4.88 Å². The molecular formula is C15H17NO5S. The lowest BCUT2D eigenvalue weighted by Crippen LogP contribution is -2.22. The number of hydrogen-bond acceptors (Lipinski definition) is 6. The summed E-state index contributed by atoms with van der Waals surface area (Å²) < 4.78 is 15.5. The van der Waals surface area contributed by atoms with Gasteiger partial charge in [0.15, 0.2) is 0 Å². The van der Waals surface area contributed by atoms with Crippen LogP contribution < -0.4 is 5.32 Å². The van der Waals surface area contributed by atoms with E-state index in [0.29, 0.717) is 30.4 Å². The number of fused-ring (bicyclic) bond motifs is 1.